The number of hydrogen-bond acceptors (Lipinski definition) is 5. The number of nitrogens with two attached hydrogens (primary N) is 1. The molecule has 0 aliphatic carbocycles. The van der Waals surface area contributed by atoms with Gasteiger partial charge in [0.05, 0.1) is 10.9 Å². The van der Waals surface area contributed by atoms with E-state index < -0.39 is 0 Å². The SMILES string of the molecule is CCCCC(N)c1nc(-c2cccs2)no1. The molecular weight excluding hydrogens is 222 g/mol. The smallest absolute Gasteiger partial charge is 0.243 e. The van der Waals surface area contributed by atoms with Crippen LogP contribution < -0.4 is 5.73 Å². The van der Waals surface area contributed by atoms with E-state index in [1.54, 1.807) is 11.3 Å². The van der Waals surface area contributed by atoms with E-state index in [2.05, 4.69) is 17.1 Å². The van der Waals surface area contributed by atoms with Gasteiger partial charge in [0, 0.05) is 0 Å². The van der Waals surface area contributed by atoms with Crippen molar-refractivity contribution in [2.45, 2.75) is 32.2 Å². The Labute approximate surface area is 98.5 Å². The Balaban J connectivity index is 2.07. The highest BCUT2D eigenvalue weighted by atomic mass is 32.1. The summed E-state index contributed by atoms with van der Waals surface area (Å²) in [5, 5.41) is 5.92. The van der Waals surface area contributed by atoms with E-state index in [-0.39, 0.29) is 6.04 Å². The molecule has 5 heteroatoms. The van der Waals surface area contributed by atoms with Gasteiger partial charge in [0.1, 0.15) is 0 Å². The van der Waals surface area contributed by atoms with E-state index in [0.29, 0.717) is 11.7 Å². The van der Waals surface area contributed by atoms with Crippen LogP contribution in [0, 0.1) is 0 Å². The molecule has 0 fully saturated rings. The number of rotatable bonds is 5. The van der Waals surface area contributed by atoms with Gasteiger partial charge >= 0.3 is 0 Å². The van der Waals surface area contributed by atoms with Gasteiger partial charge < -0.3 is 10.3 Å². The molecule has 0 amide bonds. The monoisotopic (exact) mass is 237 g/mol. The van der Waals surface area contributed by atoms with Crippen molar-refractivity contribution in [3.05, 3.63) is 23.4 Å². The van der Waals surface area contributed by atoms with Crippen LogP contribution in [-0.4, -0.2) is 10.1 Å². The first-order chi connectivity index (χ1) is 7.81. The molecule has 2 aromatic rings. The van der Waals surface area contributed by atoms with Crippen LogP contribution in [0.4, 0.5) is 0 Å². The molecule has 0 spiro atoms. The zero-order chi connectivity index (χ0) is 11.4. The normalized spacial score (nSPS) is 12.9. The first-order valence-corrected chi connectivity index (χ1v) is 6.32. The van der Waals surface area contributed by atoms with E-state index in [9.17, 15) is 0 Å². The molecule has 0 bridgehead atoms. The molecule has 1 atom stereocenters. The maximum atomic E-state index is 5.95. The van der Waals surface area contributed by atoms with Crippen LogP contribution in [0.5, 0.6) is 0 Å². The zero-order valence-corrected chi connectivity index (χ0v) is 10.0. The molecule has 16 heavy (non-hydrogen) atoms. The Kier molecular flexibility index (Phi) is 3.69. The Morgan fingerprint density at radius 1 is 1.56 bits per heavy atom. The molecule has 0 aliphatic rings. The minimum absolute atomic E-state index is 0.138. The highest BCUT2D eigenvalue weighted by Crippen LogP contribution is 2.23. The predicted octanol–water partition coefficient (Wildman–Crippen LogP) is 2.99. The van der Waals surface area contributed by atoms with Gasteiger partial charge in [-0.2, -0.15) is 4.98 Å². The van der Waals surface area contributed by atoms with Gasteiger partial charge in [-0.05, 0) is 17.9 Å². The van der Waals surface area contributed by atoms with Crippen LogP contribution in [0.2, 0.25) is 0 Å². The minimum Gasteiger partial charge on any atom is -0.337 e. The molecule has 86 valence electrons. The molecule has 0 aliphatic heterocycles. The second-order valence-electron chi connectivity index (χ2n) is 3.68. The summed E-state index contributed by atoms with van der Waals surface area (Å²) < 4.78 is 5.17. The molecule has 0 aromatic carbocycles. The van der Waals surface area contributed by atoms with E-state index >= 15 is 0 Å². The van der Waals surface area contributed by atoms with E-state index in [0.717, 1.165) is 24.1 Å². The van der Waals surface area contributed by atoms with Crippen molar-refractivity contribution in [3.63, 3.8) is 0 Å². The molecule has 4 nitrogen and oxygen atoms in total. The number of nitrogens with zero attached hydrogens (tertiary/aromatic N) is 2. The summed E-state index contributed by atoms with van der Waals surface area (Å²) in [5.74, 6) is 1.17. The maximum absolute atomic E-state index is 5.95. The van der Waals surface area contributed by atoms with E-state index in [4.69, 9.17) is 10.3 Å². The van der Waals surface area contributed by atoms with Crippen LogP contribution in [0.15, 0.2) is 22.0 Å². The van der Waals surface area contributed by atoms with Crippen LogP contribution in [-0.2, 0) is 0 Å². The fourth-order valence-electron chi connectivity index (χ4n) is 1.44. The standard InChI is InChI=1S/C11H15N3OS/c1-2-3-5-8(12)11-13-10(14-15-11)9-6-4-7-16-9/h4,6-8H,2-3,5,12H2,1H3. The quantitative estimate of drug-likeness (QED) is 0.868. The van der Waals surface area contributed by atoms with Crippen molar-refractivity contribution in [3.8, 4) is 10.7 Å². The van der Waals surface area contributed by atoms with Crippen molar-refractivity contribution < 1.29 is 4.52 Å². The second-order valence-corrected chi connectivity index (χ2v) is 4.63. The molecule has 1 unspecified atom stereocenters. The lowest BCUT2D eigenvalue weighted by Gasteiger charge is -2.03. The van der Waals surface area contributed by atoms with Crippen molar-refractivity contribution in [1.29, 1.82) is 0 Å². The second kappa shape index (κ2) is 5.23. The van der Waals surface area contributed by atoms with Gasteiger partial charge in [-0.1, -0.05) is 31.0 Å². The summed E-state index contributed by atoms with van der Waals surface area (Å²) in [6.07, 6.45) is 3.10. The van der Waals surface area contributed by atoms with Crippen LogP contribution in [0.3, 0.4) is 0 Å². The number of hydrogen-bond donors (Lipinski definition) is 1. The molecule has 0 saturated heterocycles. The Hall–Kier alpha value is -1.20. The predicted molar refractivity (Wildman–Crippen MR) is 64.1 cm³/mol. The molecule has 2 heterocycles. The average molecular weight is 237 g/mol. The third-order valence-corrected chi connectivity index (χ3v) is 3.23. The number of aromatic nitrogens is 2. The summed E-state index contributed by atoms with van der Waals surface area (Å²) >= 11 is 1.59. The fourth-order valence-corrected chi connectivity index (χ4v) is 2.09. The highest BCUT2D eigenvalue weighted by Gasteiger charge is 2.15. The van der Waals surface area contributed by atoms with Crippen molar-refractivity contribution >= 4 is 11.3 Å². The first kappa shape index (κ1) is 11.3. The average Bonchev–Trinajstić information content (AvgIpc) is 2.94. The third kappa shape index (κ3) is 2.48. The van der Waals surface area contributed by atoms with Crippen molar-refractivity contribution in [2.75, 3.05) is 0 Å². The summed E-state index contributed by atoms with van der Waals surface area (Å²) in [7, 11) is 0. The lowest BCUT2D eigenvalue weighted by atomic mass is 10.1. The molecule has 2 aromatic heterocycles. The Morgan fingerprint density at radius 3 is 3.12 bits per heavy atom. The highest BCUT2D eigenvalue weighted by molar-refractivity contribution is 7.13. The lowest BCUT2D eigenvalue weighted by molar-refractivity contribution is 0.346. The number of thiophene rings is 1. The maximum Gasteiger partial charge on any atom is 0.243 e. The number of unbranched alkanes of at least 4 members (excludes halogenated alkanes) is 1. The minimum atomic E-state index is -0.138. The Bertz CT molecular complexity index is 424. The van der Waals surface area contributed by atoms with Gasteiger partial charge in [0.15, 0.2) is 0 Å². The fraction of sp³-hybridized carbons (Fsp3) is 0.455. The van der Waals surface area contributed by atoms with Gasteiger partial charge in [-0.15, -0.1) is 11.3 Å². The molecule has 0 saturated carbocycles. The first-order valence-electron chi connectivity index (χ1n) is 5.44. The largest absolute Gasteiger partial charge is 0.337 e. The van der Waals surface area contributed by atoms with E-state index in [1.165, 1.54) is 0 Å². The van der Waals surface area contributed by atoms with Crippen LogP contribution in [0.1, 0.15) is 38.1 Å². The summed E-state index contributed by atoms with van der Waals surface area (Å²) in [6, 6.07) is 3.80. The van der Waals surface area contributed by atoms with Gasteiger partial charge in [-0.3, -0.25) is 0 Å². The van der Waals surface area contributed by atoms with Gasteiger partial charge in [0.2, 0.25) is 11.7 Å². The van der Waals surface area contributed by atoms with Gasteiger partial charge in [-0.25, -0.2) is 0 Å². The van der Waals surface area contributed by atoms with Crippen LogP contribution >= 0.6 is 11.3 Å². The molecule has 2 N–H and O–H groups in total. The van der Waals surface area contributed by atoms with Crippen molar-refractivity contribution in [2.24, 2.45) is 5.73 Å². The lowest BCUT2D eigenvalue weighted by Crippen LogP contribution is -2.10. The Morgan fingerprint density at radius 2 is 2.44 bits per heavy atom. The summed E-state index contributed by atoms with van der Waals surface area (Å²) in [6.45, 7) is 2.14. The summed E-state index contributed by atoms with van der Waals surface area (Å²) in [5.41, 5.74) is 5.95. The van der Waals surface area contributed by atoms with E-state index in [1.807, 2.05) is 17.5 Å². The van der Waals surface area contributed by atoms with Crippen molar-refractivity contribution in [1.82, 2.24) is 10.1 Å². The third-order valence-electron chi connectivity index (χ3n) is 2.37. The molecule has 0 radical (unpaired) electrons. The molecule has 2 rings (SSSR count). The zero-order valence-electron chi connectivity index (χ0n) is 9.22. The molecular formula is C11H15N3OS. The van der Waals surface area contributed by atoms with Crippen LogP contribution in [0.25, 0.3) is 10.7 Å². The summed E-state index contributed by atoms with van der Waals surface area (Å²) in [4.78, 5) is 5.32. The van der Waals surface area contributed by atoms with Gasteiger partial charge in [0.25, 0.3) is 0 Å². The topological polar surface area (TPSA) is 64.9 Å².